The van der Waals surface area contributed by atoms with E-state index in [0.717, 1.165) is 42.9 Å². The van der Waals surface area contributed by atoms with Crippen LogP contribution in [0.25, 0.3) is 0 Å². The fourth-order valence-corrected chi connectivity index (χ4v) is 2.04. The van der Waals surface area contributed by atoms with Gasteiger partial charge in [-0.15, -0.1) is 0 Å². The zero-order chi connectivity index (χ0) is 13.5. The lowest BCUT2D eigenvalue weighted by Crippen LogP contribution is -2.02. The molecule has 2 heteroatoms. The van der Waals surface area contributed by atoms with Crippen molar-refractivity contribution in [3.05, 3.63) is 59.7 Å². The first-order valence-electron chi connectivity index (χ1n) is 6.79. The quantitative estimate of drug-likeness (QED) is 0.626. The number of hydrogen-bond acceptors (Lipinski definition) is 2. The van der Waals surface area contributed by atoms with Gasteiger partial charge >= 0.3 is 0 Å². The molecule has 0 saturated carbocycles. The first-order valence-corrected chi connectivity index (χ1v) is 6.79. The molecule has 2 aromatic rings. The summed E-state index contributed by atoms with van der Waals surface area (Å²) in [4.78, 5) is 0. The van der Waals surface area contributed by atoms with Gasteiger partial charge in [0.2, 0.25) is 0 Å². The lowest BCUT2D eigenvalue weighted by Gasteiger charge is -2.10. The first kappa shape index (κ1) is 13.5. The van der Waals surface area contributed by atoms with Crippen molar-refractivity contribution >= 4 is 5.69 Å². The molecule has 2 N–H and O–H groups in total. The van der Waals surface area contributed by atoms with Gasteiger partial charge in [0.05, 0.1) is 12.3 Å². The molecular weight excluding hydrogens is 234 g/mol. The Morgan fingerprint density at radius 2 is 1.74 bits per heavy atom. The van der Waals surface area contributed by atoms with Crippen molar-refractivity contribution in [1.82, 2.24) is 0 Å². The van der Waals surface area contributed by atoms with E-state index in [1.165, 1.54) is 5.56 Å². The van der Waals surface area contributed by atoms with E-state index in [9.17, 15) is 0 Å². The van der Waals surface area contributed by atoms with Crippen LogP contribution in [0, 0.1) is 6.92 Å². The number of rotatable bonds is 6. The van der Waals surface area contributed by atoms with Crippen molar-refractivity contribution < 1.29 is 4.74 Å². The molecule has 0 aromatic heterocycles. The lowest BCUT2D eigenvalue weighted by atomic mass is 10.1. The number of aryl methyl sites for hydroxylation is 2. The smallest absolute Gasteiger partial charge is 0.142 e. The molecule has 0 bridgehead atoms. The summed E-state index contributed by atoms with van der Waals surface area (Å²) in [6, 6.07) is 16.5. The highest BCUT2D eigenvalue weighted by Crippen LogP contribution is 2.24. The van der Waals surface area contributed by atoms with Gasteiger partial charge in [-0.2, -0.15) is 0 Å². The SMILES string of the molecule is Cc1cccc(OCCCCc2ccccc2)c1N. The topological polar surface area (TPSA) is 35.2 Å². The van der Waals surface area contributed by atoms with Crippen molar-refractivity contribution in [2.75, 3.05) is 12.3 Å². The molecule has 0 radical (unpaired) electrons. The van der Waals surface area contributed by atoms with Crippen LogP contribution >= 0.6 is 0 Å². The predicted octanol–water partition coefficient (Wildman–Crippen LogP) is 3.98. The van der Waals surface area contributed by atoms with Crippen LogP contribution in [0.2, 0.25) is 0 Å². The van der Waals surface area contributed by atoms with Crippen LogP contribution in [-0.4, -0.2) is 6.61 Å². The third kappa shape index (κ3) is 4.02. The second kappa shape index (κ2) is 6.83. The minimum atomic E-state index is 0.723. The molecule has 0 aliphatic heterocycles. The standard InChI is InChI=1S/C17H21NO/c1-14-8-7-12-16(17(14)18)19-13-6-5-11-15-9-3-2-4-10-15/h2-4,7-10,12H,5-6,11,13,18H2,1H3. The maximum atomic E-state index is 5.96. The summed E-state index contributed by atoms with van der Waals surface area (Å²) in [5, 5.41) is 0. The number of nitrogen functional groups attached to an aromatic ring is 1. The Morgan fingerprint density at radius 1 is 0.947 bits per heavy atom. The van der Waals surface area contributed by atoms with Gasteiger partial charge in [0.1, 0.15) is 5.75 Å². The molecule has 0 amide bonds. The van der Waals surface area contributed by atoms with Gasteiger partial charge in [0, 0.05) is 0 Å². The van der Waals surface area contributed by atoms with Crippen molar-refractivity contribution in [2.45, 2.75) is 26.2 Å². The van der Waals surface area contributed by atoms with E-state index >= 15 is 0 Å². The highest BCUT2D eigenvalue weighted by Gasteiger charge is 2.02. The number of hydrogen-bond donors (Lipinski definition) is 1. The van der Waals surface area contributed by atoms with Gasteiger partial charge in [-0.25, -0.2) is 0 Å². The Hall–Kier alpha value is -1.96. The molecule has 19 heavy (non-hydrogen) atoms. The minimum absolute atomic E-state index is 0.723. The van der Waals surface area contributed by atoms with Crippen molar-refractivity contribution in [1.29, 1.82) is 0 Å². The Balaban J connectivity index is 1.71. The minimum Gasteiger partial charge on any atom is -0.491 e. The summed E-state index contributed by atoms with van der Waals surface area (Å²) in [6.07, 6.45) is 3.28. The molecule has 0 unspecified atom stereocenters. The zero-order valence-corrected chi connectivity index (χ0v) is 11.4. The number of unbranched alkanes of at least 4 members (excludes halogenated alkanes) is 1. The maximum absolute atomic E-state index is 5.96. The van der Waals surface area contributed by atoms with E-state index in [0.29, 0.717) is 0 Å². The number of para-hydroxylation sites is 1. The van der Waals surface area contributed by atoms with Crippen LogP contribution in [0.3, 0.4) is 0 Å². The molecule has 0 atom stereocenters. The molecule has 0 saturated heterocycles. The molecule has 0 heterocycles. The third-order valence-electron chi connectivity index (χ3n) is 3.24. The summed E-state index contributed by atoms with van der Waals surface area (Å²) in [5.41, 5.74) is 9.18. The summed E-state index contributed by atoms with van der Waals surface area (Å²) in [7, 11) is 0. The number of nitrogens with two attached hydrogens (primary N) is 1. The van der Waals surface area contributed by atoms with E-state index in [1.54, 1.807) is 0 Å². The third-order valence-corrected chi connectivity index (χ3v) is 3.24. The fraction of sp³-hybridized carbons (Fsp3) is 0.294. The highest BCUT2D eigenvalue weighted by molar-refractivity contribution is 5.57. The van der Waals surface area contributed by atoms with Gasteiger partial charge < -0.3 is 10.5 Å². The van der Waals surface area contributed by atoms with Gasteiger partial charge in [-0.05, 0) is 43.4 Å². The molecule has 100 valence electrons. The maximum Gasteiger partial charge on any atom is 0.142 e. The Kier molecular flexibility index (Phi) is 4.85. The van der Waals surface area contributed by atoms with E-state index in [2.05, 4.69) is 24.3 Å². The Bertz CT molecular complexity index is 508. The molecule has 2 nitrogen and oxygen atoms in total. The number of anilines is 1. The van der Waals surface area contributed by atoms with Crippen molar-refractivity contribution in [3.63, 3.8) is 0 Å². The van der Waals surface area contributed by atoms with Crippen molar-refractivity contribution in [2.24, 2.45) is 0 Å². The molecule has 2 rings (SSSR count). The number of ether oxygens (including phenoxy) is 1. The van der Waals surface area contributed by atoms with Gasteiger partial charge in [-0.3, -0.25) is 0 Å². The Morgan fingerprint density at radius 3 is 2.53 bits per heavy atom. The van der Waals surface area contributed by atoms with Crippen LogP contribution in [0.5, 0.6) is 5.75 Å². The van der Waals surface area contributed by atoms with E-state index in [1.807, 2.05) is 31.2 Å². The zero-order valence-electron chi connectivity index (χ0n) is 11.4. The Labute approximate surface area is 115 Å². The average molecular weight is 255 g/mol. The van der Waals surface area contributed by atoms with E-state index < -0.39 is 0 Å². The summed E-state index contributed by atoms with van der Waals surface area (Å²) in [6.45, 7) is 2.72. The second-order valence-electron chi connectivity index (χ2n) is 4.78. The van der Waals surface area contributed by atoms with Crippen LogP contribution in [-0.2, 0) is 6.42 Å². The largest absolute Gasteiger partial charge is 0.491 e. The molecule has 0 spiro atoms. The van der Waals surface area contributed by atoms with Crippen LogP contribution in [0.15, 0.2) is 48.5 Å². The fourth-order valence-electron chi connectivity index (χ4n) is 2.04. The second-order valence-corrected chi connectivity index (χ2v) is 4.78. The van der Waals surface area contributed by atoms with Gasteiger partial charge in [-0.1, -0.05) is 42.5 Å². The summed E-state index contributed by atoms with van der Waals surface area (Å²) < 4.78 is 5.73. The average Bonchev–Trinajstić information content (AvgIpc) is 2.44. The normalized spacial score (nSPS) is 10.4. The molecule has 2 aromatic carbocycles. The van der Waals surface area contributed by atoms with Crippen LogP contribution in [0.1, 0.15) is 24.0 Å². The first-order chi connectivity index (χ1) is 9.27. The lowest BCUT2D eigenvalue weighted by molar-refractivity contribution is 0.308. The van der Waals surface area contributed by atoms with Gasteiger partial charge in [0.15, 0.2) is 0 Å². The number of benzene rings is 2. The van der Waals surface area contributed by atoms with Gasteiger partial charge in [0.25, 0.3) is 0 Å². The summed E-state index contributed by atoms with van der Waals surface area (Å²) >= 11 is 0. The predicted molar refractivity (Wildman–Crippen MR) is 80.5 cm³/mol. The van der Waals surface area contributed by atoms with E-state index in [-0.39, 0.29) is 0 Å². The van der Waals surface area contributed by atoms with Crippen LogP contribution < -0.4 is 10.5 Å². The molecule has 0 aliphatic rings. The highest BCUT2D eigenvalue weighted by atomic mass is 16.5. The van der Waals surface area contributed by atoms with Crippen LogP contribution in [0.4, 0.5) is 5.69 Å². The molecule has 0 fully saturated rings. The molecule has 0 aliphatic carbocycles. The van der Waals surface area contributed by atoms with Crippen molar-refractivity contribution in [3.8, 4) is 5.75 Å². The summed E-state index contributed by atoms with van der Waals surface area (Å²) in [5.74, 6) is 0.805. The molecular formula is C17H21NO. The monoisotopic (exact) mass is 255 g/mol. The van der Waals surface area contributed by atoms with E-state index in [4.69, 9.17) is 10.5 Å².